The fourth-order valence-electron chi connectivity index (χ4n) is 3.73. The van der Waals surface area contributed by atoms with E-state index in [4.69, 9.17) is 2.74 Å². The Bertz CT molecular complexity index is 1340. The normalized spacial score (nSPS) is 16.1. The molecule has 144 valence electrons. The zero-order valence-corrected chi connectivity index (χ0v) is 16.0. The molecule has 0 radical (unpaired) electrons. The van der Waals surface area contributed by atoms with Crippen molar-refractivity contribution in [2.75, 3.05) is 0 Å². The van der Waals surface area contributed by atoms with Crippen molar-refractivity contribution >= 4 is 16.8 Å². The minimum Gasteiger partial charge on any atom is -0.328 e. The summed E-state index contributed by atoms with van der Waals surface area (Å²) in [7, 11) is 1.85. The van der Waals surface area contributed by atoms with Gasteiger partial charge in [0.15, 0.2) is 0 Å². The molecule has 0 aliphatic carbocycles. The predicted molar refractivity (Wildman–Crippen MR) is 109 cm³/mol. The van der Waals surface area contributed by atoms with Gasteiger partial charge in [0.25, 0.3) is 5.91 Å². The fraction of sp³-hybridized carbons (Fsp3) is 0.174. The Labute approximate surface area is 170 Å². The molecule has 1 aliphatic rings. The van der Waals surface area contributed by atoms with Gasteiger partial charge in [0.2, 0.25) is 0 Å². The van der Waals surface area contributed by atoms with E-state index >= 15 is 4.39 Å². The van der Waals surface area contributed by atoms with Crippen LogP contribution in [0.15, 0.2) is 54.9 Å². The maximum Gasteiger partial charge on any atom is 0.256 e. The van der Waals surface area contributed by atoms with Gasteiger partial charge in [0.1, 0.15) is 5.82 Å². The number of carbonyl (C=O) groups is 1. The Kier molecular flexibility index (Phi) is 3.46. The van der Waals surface area contributed by atoms with Gasteiger partial charge in [0.05, 0.1) is 26.0 Å². The first-order chi connectivity index (χ1) is 14.8. The number of aryl methyl sites for hydroxylation is 2. The van der Waals surface area contributed by atoms with Gasteiger partial charge in [-0.3, -0.25) is 14.5 Å². The van der Waals surface area contributed by atoms with Crippen LogP contribution in [0, 0.1) is 12.7 Å². The summed E-state index contributed by atoms with van der Waals surface area (Å²) >= 11 is 0. The Morgan fingerprint density at radius 3 is 2.86 bits per heavy atom. The highest BCUT2D eigenvalue weighted by molar-refractivity contribution is 5.97. The first kappa shape index (κ1) is 15.4. The number of amides is 1. The van der Waals surface area contributed by atoms with Gasteiger partial charge in [-0.1, -0.05) is 12.1 Å². The van der Waals surface area contributed by atoms with Crippen LogP contribution >= 0.6 is 0 Å². The monoisotopic (exact) mass is 388 g/mol. The second kappa shape index (κ2) is 6.51. The third-order valence-corrected chi connectivity index (χ3v) is 5.21. The van der Waals surface area contributed by atoms with Crippen LogP contribution in [0.3, 0.4) is 0 Å². The van der Waals surface area contributed by atoms with Crippen LogP contribution < -0.4 is 0 Å². The van der Waals surface area contributed by atoms with Crippen molar-refractivity contribution in [3.8, 4) is 11.1 Å². The summed E-state index contributed by atoms with van der Waals surface area (Å²) in [5.74, 6) is -0.966. The molecule has 4 aromatic rings. The summed E-state index contributed by atoms with van der Waals surface area (Å²) in [6, 6.07) is 12.2. The van der Waals surface area contributed by atoms with Crippen molar-refractivity contribution in [2.45, 2.75) is 20.0 Å². The fourth-order valence-corrected chi connectivity index (χ4v) is 3.73. The second-order valence-corrected chi connectivity index (χ2v) is 7.23. The Balaban J connectivity index is 1.51. The summed E-state index contributed by atoms with van der Waals surface area (Å²) in [4.78, 5) is 17.9. The molecule has 0 unspecified atom stereocenters. The largest absolute Gasteiger partial charge is 0.328 e. The number of aromatic nitrogens is 3. The van der Waals surface area contributed by atoms with Crippen molar-refractivity contribution in [3.05, 3.63) is 83.1 Å². The van der Waals surface area contributed by atoms with Gasteiger partial charge >= 0.3 is 0 Å². The maximum atomic E-state index is 15.2. The number of hydrogen-bond donors (Lipinski definition) is 0. The molecule has 29 heavy (non-hydrogen) atoms. The third kappa shape index (κ3) is 2.97. The third-order valence-electron chi connectivity index (χ3n) is 5.21. The highest BCUT2D eigenvalue weighted by atomic mass is 19.1. The lowest BCUT2D eigenvalue weighted by atomic mass is 9.98. The zero-order chi connectivity index (χ0) is 21.9. The molecular formula is C23H19FN4O. The molecule has 1 amide bonds. The molecular weight excluding hydrogens is 367 g/mol. The summed E-state index contributed by atoms with van der Waals surface area (Å²) < 4.78 is 33.7. The van der Waals surface area contributed by atoms with Gasteiger partial charge < -0.3 is 4.90 Å². The number of rotatable bonds is 3. The van der Waals surface area contributed by atoms with Crippen LogP contribution in [0.5, 0.6) is 0 Å². The van der Waals surface area contributed by atoms with E-state index in [0.717, 1.165) is 21.4 Å². The molecule has 1 aliphatic heterocycles. The standard InChI is InChI=1S/C23H19FN4O/c1-14-8-16(15-5-6-21-17(9-15)11-27(2)26-21)10-20(24)19(14)12-28-13-22-18(23(28)29)4-3-7-25-22/h3-11H,12-13H2,1-2H3/i13D2. The van der Waals surface area contributed by atoms with Crippen molar-refractivity contribution in [1.29, 1.82) is 0 Å². The van der Waals surface area contributed by atoms with Crippen molar-refractivity contribution in [1.82, 2.24) is 19.7 Å². The smallest absolute Gasteiger partial charge is 0.256 e. The highest BCUT2D eigenvalue weighted by Crippen LogP contribution is 2.30. The van der Waals surface area contributed by atoms with Crippen molar-refractivity contribution in [2.24, 2.45) is 7.05 Å². The average molecular weight is 388 g/mol. The Hall–Kier alpha value is -3.54. The molecule has 0 saturated heterocycles. The second-order valence-electron chi connectivity index (χ2n) is 7.23. The van der Waals surface area contributed by atoms with Crippen LogP contribution in [0.4, 0.5) is 4.39 Å². The van der Waals surface area contributed by atoms with Crippen LogP contribution in [0.1, 0.15) is 29.9 Å². The first-order valence-corrected chi connectivity index (χ1v) is 9.26. The molecule has 0 spiro atoms. The molecule has 0 saturated carbocycles. The topological polar surface area (TPSA) is 51.0 Å². The summed E-state index contributed by atoms with van der Waals surface area (Å²) in [5, 5.41) is 5.32. The van der Waals surface area contributed by atoms with Gasteiger partial charge in [0, 0.05) is 36.9 Å². The number of halogens is 1. The lowest BCUT2D eigenvalue weighted by Crippen LogP contribution is -2.24. The minimum atomic E-state index is -2.10. The number of pyridine rings is 1. The number of benzene rings is 2. The Morgan fingerprint density at radius 1 is 1.21 bits per heavy atom. The lowest BCUT2D eigenvalue weighted by Gasteiger charge is -2.18. The lowest BCUT2D eigenvalue weighted by molar-refractivity contribution is 0.0764. The quantitative estimate of drug-likeness (QED) is 0.528. The number of nitrogens with zero attached hydrogens (tertiary/aromatic N) is 4. The Morgan fingerprint density at radius 2 is 2.07 bits per heavy atom. The van der Waals surface area contributed by atoms with E-state index in [0.29, 0.717) is 11.1 Å². The summed E-state index contributed by atoms with van der Waals surface area (Å²) in [5.41, 5.74) is 3.66. The molecule has 3 heterocycles. The van der Waals surface area contributed by atoms with Gasteiger partial charge in [-0.15, -0.1) is 0 Å². The van der Waals surface area contributed by atoms with Gasteiger partial charge in [-0.05, 0) is 53.9 Å². The number of fused-ring (bicyclic) bond motifs is 2. The molecule has 0 bridgehead atoms. The van der Waals surface area contributed by atoms with Crippen LogP contribution in [-0.2, 0) is 20.1 Å². The van der Waals surface area contributed by atoms with Gasteiger partial charge in [-0.25, -0.2) is 4.39 Å². The summed E-state index contributed by atoms with van der Waals surface area (Å²) in [6.45, 7) is -0.510. The maximum absolute atomic E-state index is 15.2. The van der Waals surface area contributed by atoms with Gasteiger partial charge in [-0.2, -0.15) is 5.10 Å². The molecule has 0 atom stereocenters. The molecule has 0 N–H and O–H groups in total. The number of hydrogen-bond acceptors (Lipinski definition) is 3. The van der Waals surface area contributed by atoms with E-state index in [1.54, 1.807) is 23.7 Å². The number of carbonyl (C=O) groups excluding carboxylic acids is 1. The SMILES string of the molecule is [2H]C1([2H])c2ncccc2C(=O)N1Cc1c(C)cc(-c2ccc3nn(C)cc3c2)cc1F. The molecule has 5 nitrogen and oxygen atoms in total. The van der Waals surface area contributed by atoms with Crippen LogP contribution in [-0.4, -0.2) is 25.6 Å². The minimum absolute atomic E-state index is 0.0689. The molecule has 5 rings (SSSR count). The van der Waals surface area contributed by atoms with E-state index < -0.39 is 18.2 Å². The molecule has 2 aromatic carbocycles. The molecule has 2 aromatic heterocycles. The molecule has 6 heteroatoms. The van der Waals surface area contributed by atoms with E-state index in [-0.39, 0.29) is 23.4 Å². The van der Waals surface area contributed by atoms with E-state index in [9.17, 15) is 4.79 Å². The van der Waals surface area contributed by atoms with E-state index in [1.807, 2.05) is 37.5 Å². The first-order valence-electron chi connectivity index (χ1n) is 10.3. The summed E-state index contributed by atoms with van der Waals surface area (Å²) in [6.07, 6.45) is 3.36. The highest BCUT2D eigenvalue weighted by Gasteiger charge is 2.29. The van der Waals surface area contributed by atoms with Crippen LogP contribution in [0.25, 0.3) is 22.0 Å². The predicted octanol–water partition coefficient (Wildman–Crippen LogP) is 4.24. The van der Waals surface area contributed by atoms with E-state index in [2.05, 4.69) is 10.1 Å². The van der Waals surface area contributed by atoms with Crippen LogP contribution in [0.2, 0.25) is 0 Å². The van der Waals surface area contributed by atoms with Crippen molar-refractivity contribution in [3.63, 3.8) is 0 Å². The average Bonchev–Trinajstić information content (AvgIpc) is 3.19. The van der Waals surface area contributed by atoms with Crippen molar-refractivity contribution < 1.29 is 11.9 Å². The zero-order valence-electron chi connectivity index (χ0n) is 18.0. The van der Waals surface area contributed by atoms with E-state index in [1.165, 1.54) is 12.3 Å². The molecule has 0 fully saturated rings.